The highest BCUT2D eigenvalue weighted by Crippen LogP contribution is 2.35. The highest BCUT2D eigenvalue weighted by Gasteiger charge is 2.48. The van der Waals surface area contributed by atoms with Gasteiger partial charge in [0.2, 0.25) is 12.7 Å². The summed E-state index contributed by atoms with van der Waals surface area (Å²) in [7, 11) is 0. The van der Waals surface area contributed by atoms with Gasteiger partial charge in [0.25, 0.3) is 5.91 Å². The summed E-state index contributed by atoms with van der Waals surface area (Å²) in [5.74, 6) is 0.0629. The zero-order valence-electron chi connectivity index (χ0n) is 20.7. The summed E-state index contributed by atoms with van der Waals surface area (Å²) >= 11 is 0. The molecule has 5 rings (SSSR count). The number of carbonyl (C=O) groups is 3. The molecular weight excluding hydrogens is 464 g/mol. The van der Waals surface area contributed by atoms with Gasteiger partial charge in [-0.15, -0.1) is 0 Å². The number of amides is 2. The zero-order chi connectivity index (χ0) is 25.3. The van der Waals surface area contributed by atoms with Crippen molar-refractivity contribution in [1.29, 1.82) is 0 Å². The van der Waals surface area contributed by atoms with Crippen molar-refractivity contribution in [2.75, 3.05) is 13.4 Å². The van der Waals surface area contributed by atoms with Crippen molar-refractivity contribution in [2.45, 2.75) is 77.0 Å². The number of fused-ring (bicyclic) bond motifs is 2. The fourth-order valence-electron chi connectivity index (χ4n) is 5.18. The van der Waals surface area contributed by atoms with Crippen LogP contribution in [0.15, 0.2) is 24.3 Å². The van der Waals surface area contributed by atoms with Crippen LogP contribution in [0, 0.1) is 0 Å². The Hall–Kier alpha value is -3.56. The fourth-order valence-corrected chi connectivity index (χ4v) is 5.18. The molecule has 1 aliphatic carbocycles. The van der Waals surface area contributed by atoms with Gasteiger partial charge in [0.1, 0.15) is 11.2 Å². The molecule has 36 heavy (non-hydrogen) atoms. The maximum absolute atomic E-state index is 13.8. The van der Waals surface area contributed by atoms with Crippen LogP contribution in [0.5, 0.6) is 11.5 Å². The van der Waals surface area contributed by atoms with Crippen molar-refractivity contribution in [3.8, 4) is 11.5 Å². The number of ether oxygens (including phenoxy) is 3. The first-order valence-electron chi connectivity index (χ1n) is 12.7. The Morgan fingerprint density at radius 2 is 1.89 bits per heavy atom. The van der Waals surface area contributed by atoms with Crippen LogP contribution in [0.3, 0.4) is 0 Å². The van der Waals surface area contributed by atoms with Gasteiger partial charge in [-0.3, -0.25) is 14.3 Å². The normalized spacial score (nSPS) is 21.6. The summed E-state index contributed by atoms with van der Waals surface area (Å²) in [4.78, 5) is 41.5. The van der Waals surface area contributed by atoms with Gasteiger partial charge < -0.3 is 24.4 Å². The molecule has 1 aromatic heterocycles. The lowest BCUT2D eigenvalue weighted by molar-refractivity contribution is -0.134. The highest BCUT2D eigenvalue weighted by atomic mass is 16.7. The molecule has 3 aliphatic rings. The van der Waals surface area contributed by atoms with E-state index in [4.69, 9.17) is 14.2 Å². The lowest BCUT2D eigenvalue weighted by Gasteiger charge is -2.44. The van der Waals surface area contributed by atoms with Crippen LogP contribution in [-0.2, 0) is 22.6 Å². The second kappa shape index (κ2) is 9.83. The molecule has 3 heterocycles. The predicted octanol–water partition coefficient (Wildman–Crippen LogP) is 3.04. The van der Waals surface area contributed by atoms with E-state index in [1.54, 1.807) is 24.8 Å². The van der Waals surface area contributed by atoms with Gasteiger partial charge in [-0.25, -0.2) is 4.79 Å². The summed E-state index contributed by atoms with van der Waals surface area (Å²) in [6, 6.07) is 7.01. The van der Waals surface area contributed by atoms with Gasteiger partial charge in [-0.2, -0.15) is 5.10 Å². The van der Waals surface area contributed by atoms with Gasteiger partial charge in [-0.05, 0) is 44.4 Å². The van der Waals surface area contributed by atoms with Crippen LogP contribution in [0.1, 0.15) is 78.9 Å². The summed E-state index contributed by atoms with van der Waals surface area (Å²) in [5, 5.41) is 7.54. The Bertz CT molecular complexity index is 1170. The summed E-state index contributed by atoms with van der Waals surface area (Å²) < 4.78 is 17.4. The van der Waals surface area contributed by atoms with E-state index in [0.29, 0.717) is 11.5 Å². The Kier molecular flexibility index (Phi) is 6.59. The van der Waals surface area contributed by atoms with E-state index in [-0.39, 0.29) is 55.7 Å². The van der Waals surface area contributed by atoms with Crippen molar-refractivity contribution in [3.05, 3.63) is 41.2 Å². The fraction of sp³-hybridized carbons (Fsp3) is 0.538. The lowest BCUT2D eigenvalue weighted by atomic mass is 9.93. The maximum atomic E-state index is 13.8. The van der Waals surface area contributed by atoms with Gasteiger partial charge in [0, 0.05) is 18.7 Å². The molecule has 2 aromatic rings. The molecule has 0 radical (unpaired) electrons. The van der Waals surface area contributed by atoms with Crippen molar-refractivity contribution >= 4 is 17.8 Å². The molecule has 1 fully saturated rings. The third kappa shape index (κ3) is 4.52. The van der Waals surface area contributed by atoms with Gasteiger partial charge in [-0.1, -0.05) is 31.7 Å². The Balaban J connectivity index is 1.47. The first-order valence-corrected chi connectivity index (χ1v) is 12.7. The smallest absolute Gasteiger partial charge is 0.358 e. The number of nitrogens with one attached hydrogen (secondary N) is 1. The van der Waals surface area contributed by atoms with Gasteiger partial charge in [0.15, 0.2) is 17.2 Å². The topological polar surface area (TPSA) is 112 Å². The van der Waals surface area contributed by atoms with Gasteiger partial charge >= 0.3 is 5.97 Å². The third-order valence-electron chi connectivity index (χ3n) is 7.24. The number of nitrogens with zero attached hydrogens (tertiary/aromatic N) is 3. The van der Waals surface area contributed by atoms with E-state index in [9.17, 15) is 14.4 Å². The predicted molar refractivity (Wildman–Crippen MR) is 129 cm³/mol. The molecule has 10 heteroatoms. The van der Waals surface area contributed by atoms with E-state index in [2.05, 4.69) is 10.4 Å². The highest BCUT2D eigenvalue weighted by molar-refractivity contribution is 6.01. The molecule has 2 aliphatic heterocycles. The van der Waals surface area contributed by atoms with Crippen LogP contribution in [-0.4, -0.2) is 57.4 Å². The average Bonchev–Trinajstić information content (AvgIpc) is 3.42. The number of rotatable bonds is 6. The second-order valence-electron chi connectivity index (χ2n) is 9.81. The monoisotopic (exact) mass is 496 g/mol. The minimum Gasteiger partial charge on any atom is -0.461 e. The van der Waals surface area contributed by atoms with Gasteiger partial charge in [0.05, 0.1) is 13.2 Å². The van der Waals surface area contributed by atoms with Crippen LogP contribution < -0.4 is 14.8 Å². The molecule has 0 bridgehead atoms. The molecule has 1 aromatic carbocycles. The molecule has 1 atom stereocenters. The molecule has 1 saturated carbocycles. The average molecular weight is 497 g/mol. The van der Waals surface area contributed by atoms with Crippen LogP contribution in [0.2, 0.25) is 0 Å². The third-order valence-corrected chi connectivity index (χ3v) is 7.24. The minimum atomic E-state index is -1.22. The van der Waals surface area contributed by atoms with Crippen molar-refractivity contribution in [2.24, 2.45) is 0 Å². The van der Waals surface area contributed by atoms with Crippen LogP contribution in [0.25, 0.3) is 0 Å². The molecule has 0 saturated heterocycles. The summed E-state index contributed by atoms with van der Waals surface area (Å²) in [6.45, 7) is 4.13. The van der Waals surface area contributed by atoms with Crippen molar-refractivity contribution in [1.82, 2.24) is 20.0 Å². The largest absolute Gasteiger partial charge is 0.461 e. The first-order chi connectivity index (χ1) is 17.4. The Labute approximate surface area is 209 Å². The quantitative estimate of drug-likeness (QED) is 0.483. The van der Waals surface area contributed by atoms with E-state index in [0.717, 1.165) is 31.2 Å². The number of benzene rings is 1. The Morgan fingerprint density at radius 1 is 1.14 bits per heavy atom. The van der Waals surface area contributed by atoms with Crippen molar-refractivity contribution < 1.29 is 28.6 Å². The first kappa shape index (κ1) is 24.1. The molecular formula is C26H32N4O6. The summed E-state index contributed by atoms with van der Waals surface area (Å²) in [5.41, 5.74) is -0.111. The number of hydrogen-bond acceptors (Lipinski definition) is 7. The van der Waals surface area contributed by atoms with E-state index in [1.165, 1.54) is 23.6 Å². The molecule has 192 valence electrons. The second-order valence-corrected chi connectivity index (χ2v) is 9.81. The van der Waals surface area contributed by atoms with E-state index in [1.807, 2.05) is 12.1 Å². The van der Waals surface area contributed by atoms with E-state index < -0.39 is 11.5 Å². The maximum Gasteiger partial charge on any atom is 0.358 e. The summed E-state index contributed by atoms with van der Waals surface area (Å²) in [6.07, 6.45) is 6.36. The standard InChI is InChI=1S/C26H32N4O6/c1-3-34-24(32)19-13-20-23(31)29(14-17-10-11-21-22(12-17)36-16-35-21)26(2,15-30(20)28-19)25(33)27-18-8-6-4-5-7-9-18/h10-13,18H,3-9,14-16H2,1-2H3,(H,27,33)/t26-/m1/s1. The van der Waals surface area contributed by atoms with Crippen LogP contribution in [0.4, 0.5) is 0 Å². The van der Waals surface area contributed by atoms with Crippen molar-refractivity contribution in [3.63, 3.8) is 0 Å². The number of aromatic nitrogens is 2. The number of esters is 1. The number of carbonyl (C=O) groups excluding carboxylic acids is 3. The SMILES string of the molecule is CCOC(=O)c1cc2n(n1)C[C@](C)(C(=O)NC1CCCCCC1)N(Cc1ccc3c(c1)OCO3)C2=O. The Morgan fingerprint density at radius 3 is 2.64 bits per heavy atom. The molecule has 0 spiro atoms. The van der Waals surface area contributed by atoms with E-state index >= 15 is 0 Å². The minimum absolute atomic E-state index is 0.0525. The number of hydrogen-bond donors (Lipinski definition) is 1. The van der Waals surface area contributed by atoms with Crippen LogP contribution >= 0.6 is 0 Å². The molecule has 10 nitrogen and oxygen atoms in total. The molecule has 0 unspecified atom stereocenters. The molecule has 1 N–H and O–H groups in total. The lowest BCUT2D eigenvalue weighted by Crippen LogP contribution is -2.64. The zero-order valence-corrected chi connectivity index (χ0v) is 20.7. The molecule has 2 amide bonds.